The highest BCUT2D eigenvalue weighted by atomic mass is 14.6. The summed E-state index contributed by atoms with van der Waals surface area (Å²) >= 11 is 0. The van der Waals surface area contributed by atoms with E-state index in [0.717, 1.165) is 27.8 Å². The molecule has 1 heteroatoms. The monoisotopic (exact) mass is 689 g/mol. The van der Waals surface area contributed by atoms with Crippen molar-refractivity contribution >= 4 is 22.1 Å². The Labute approximate surface area is 317 Å². The average Bonchev–Trinajstić information content (AvgIpc) is 3.53. The van der Waals surface area contributed by atoms with Gasteiger partial charge in [-0.2, -0.15) is 0 Å². The van der Waals surface area contributed by atoms with Gasteiger partial charge in [0, 0.05) is 11.0 Å². The molecule has 0 aliphatic heterocycles. The molecule has 0 unspecified atom stereocenters. The first kappa shape index (κ1) is 32.1. The van der Waals surface area contributed by atoms with Crippen molar-refractivity contribution in [3.8, 4) is 22.3 Å². The summed E-state index contributed by atoms with van der Waals surface area (Å²) in [6.07, 6.45) is 2.07. The summed E-state index contributed by atoms with van der Waals surface area (Å²) in [6.45, 7) is 4.73. The normalized spacial score (nSPS) is 14.1. The third-order valence-corrected chi connectivity index (χ3v) is 12.0. The van der Waals surface area contributed by atoms with Gasteiger partial charge in [-0.05, 0) is 101 Å². The molecule has 0 fully saturated rings. The van der Waals surface area contributed by atoms with Gasteiger partial charge in [0.2, 0.25) is 0 Å². The molecule has 0 radical (unpaired) electrons. The minimum absolute atomic E-state index is 0.181. The van der Waals surface area contributed by atoms with Gasteiger partial charge in [-0.3, -0.25) is 0 Å². The summed E-state index contributed by atoms with van der Waals surface area (Å²) in [5.41, 5.74) is 16.4. The zero-order valence-electron chi connectivity index (χ0n) is 30.5. The predicted octanol–water partition coefficient (Wildman–Crippen LogP) is 13.0. The summed E-state index contributed by atoms with van der Waals surface area (Å²) < 4.78 is 0. The van der Waals surface area contributed by atoms with E-state index < -0.39 is 5.41 Å². The predicted molar refractivity (Wildman–Crippen MR) is 226 cm³/mol. The Kier molecular flexibility index (Phi) is 7.29. The van der Waals surface area contributed by atoms with Crippen LogP contribution in [-0.2, 0) is 10.8 Å². The van der Waals surface area contributed by atoms with Gasteiger partial charge in [0.1, 0.15) is 0 Å². The molecule has 0 atom stereocenters. The molecule has 0 saturated heterocycles. The highest BCUT2D eigenvalue weighted by molar-refractivity contribution is 6.17. The molecule has 2 aliphatic carbocycles. The fourth-order valence-electron chi connectivity index (χ4n) is 9.52. The Balaban J connectivity index is 1.27. The number of hydrogen-bond acceptors (Lipinski definition) is 1. The highest BCUT2D eigenvalue weighted by Gasteiger charge is 2.53. The largest absolute Gasteiger partial charge is 0.300 e. The Morgan fingerprint density at radius 1 is 0.444 bits per heavy atom. The molecule has 0 heterocycles. The fraction of sp³-hybridized carbons (Fsp3) is 0.0755. The van der Waals surface area contributed by atoms with E-state index in [9.17, 15) is 5.41 Å². The maximum absolute atomic E-state index is 9.96. The van der Waals surface area contributed by atoms with Crippen molar-refractivity contribution in [1.29, 1.82) is 5.41 Å². The third kappa shape index (κ3) is 4.68. The number of benzene rings is 8. The molecule has 256 valence electrons. The summed E-state index contributed by atoms with van der Waals surface area (Å²) in [5, 5.41) is 12.4. The summed E-state index contributed by atoms with van der Waals surface area (Å²) in [5.74, 6) is 0. The van der Waals surface area contributed by atoms with Gasteiger partial charge in [-0.15, -0.1) is 0 Å². The molecule has 8 aromatic rings. The molecule has 1 nitrogen and oxygen atoms in total. The molecule has 1 spiro atoms. The van der Waals surface area contributed by atoms with E-state index in [1.165, 1.54) is 60.8 Å². The van der Waals surface area contributed by atoms with Crippen molar-refractivity contribution in [3.05, 3.63) is 244 Å². The highest BCUT2D eigenvalue weighted by Crippen LogP contribution is 2.63. The maximum atomic E-state index is 9.96. The first-order chi connectivity index (χ1) is 26.5. The fourth-order valence-corrected chi connectivity index (χ4v) is 9.52. The summed E-state index contributed by atoms with van der Waals surface area (Å²) in [6, 6.07) is 68.2. The standard InChI is InChI=1S/C53H39N/c1-52(2)45-23-11-13-25-47(45)53(48-26-14-12-24-46(48)52)44-31-30-40(39-29-28-35-16-9-10-21-38(35)32-39)33-43(44)51-41(22-15-27-49(51)53)50(54)34-42(36-17-5-3-6-18-36)37-19-7-4-8-20-37/h3-34,54H,1-2H3. The second kappa shape index (κ2) is 12.3. The van der Waals surface area contributed by atoms with E-state index in [0.29, 0.717) is 5.71 Å². The molecule has 0 aromatic heterocycles. The zero-order valence-corrected chi connectivity index (χ0v) is 30.5. The van der Waals surface area contributed by atoms with E-state index in [1.807, 2.05) is 12.1 Å². The van der Waals surface area contributed by atoms with Gasteiger partial charge >= 0.3 is 0 Å². The van der Waals surface area contributed by atoms with E-state index in [2.05, 4.69) is 196 Å². The van der Waals surface area contributed by atoms with Crippen molar-refractivity contribution in [1.82, 2.24) is 0 Å². The molecule has 8 aromatic carbocycles. The van der Waals surface area contributed by atoms with Gasteiger partial charge in [0.15, 0.2) is 0 Å². The number of rotatable bonds is 5. The molecular formula is C53H39N. The lowest BCUT2D eigenvalue weighted by molar-refractivity contribution is 0.563. The van der Waals surface area contributed by atoms with E-state index >= 15 is 0 Å². The molecule has 0 amide bonds. The second-order valence-corrected chi connectivity index (χ2v) is 15.2. The summed E-state index contributed by atoms with van der Waals surface area (Å²) in [7, 11) is 0. The second-order valence-electron chi connectivity index (χ2n) is 15.2. The first-order valence-electron chi connectivity index (χ1n) is 18.9. The van der Waals surface area contributed by atoms with E-state index in [1.54, 1.807) is 0 Å². The topological polar surface area (TPSA) is 23.9 Å². The lowest BCUT2D eigenvalue weighted by atomic mass is 9.55. The molecule has 0 saturated carbocycles. The van der Waals surface area contributed by atoms with Crippen LogP contribution in [0, 0.1) is 5.41 Å². The van der Waals surface area contributed by atoms with Gasteiger partial charge in [0.25, 0.3) is 0 Å². The number of fused-ring (bicyclic) bond motifs is 10. The van der Waals surface area contributed by atoms with Crippen LogP contribution >= 0.6 is 0 Å². The molecule has 0 bridgehead atoms. The Morgan fingerprint density at radius 3 is 1.61 bits per heavy atom. The minimum Gasteiger partial charge on any atom is -0.300 e. The molecule has 1 N–H and O–H groups in total. The van der Waals surface area contributed by atoms with Crippen LogP contribution in [0.15, 0.2) is 194 Å². The quantitative estimate of drug-likeness (QED) is 0.174. The van der Waals surface area contributed by atoms with Crippen molar-refractivity contribution in [2.24, 2.45) is 0 Å². The first-order valence-corrected chi connectivity index (χ1v) is 18.9. The van der Waals surface area contributed by atoms with Crippen LogP contribution in [0.5, 0.6) is 0 Å². The smallest absolute Gasteiger partial charge is 0.0719 e. The molecule has 54 heavy (non-hydrogen) atoms. The molecule has 10 rings (SSSR count). The van der Waals surface area contributed by atoms with Crippen LogP contribution in [0.3, 0.4) is 0 Å². The Bertz CT molecular complexity index is 2710. The van der Waals surface area contributed by atoms with Crippen LogP contribution in [0.2, 0.25) is 0 Å². The number of nitrogens with one attached hydrogen (secondary N) is 1. The maximum Gasteiger partial charge on any atom is 0.0719 e. The lowest BCUT2D eigenvalue weighted by Gasteiger charge is -2.46. The van der Waals surface area contributed by atoms with Crippen LogP contribution in [0.4, 0.5) is 0 Å². The van der Waals surface area contributed by atoms with Gasteiger partial charge in [-0.1, -0.05) is 190 Å². The Morgan fingerprint density at radius 2 is 0.963 bits per heavy atom. The summed E-state index contributed by atoms with van der Waals surface area (Å²) in [4.78, 5) is 0. The minimum atomic E-state index is -0.545. The van der Waals surface area contributed by atoms with Gasteiger partial charge in [-0.25, -0.2) is 0 Å². The van der Waals surface area contributed by atoms with Gasteiger partial charge < -0.3 is 5.41 Å². The van der Waals surface area contributed by atoms with Crippen LogP contribution in [0.1, 0.15) is 63.9 Å². The van der Waals surface area contributed by atoms with E-state index in [-0.39, 0.29) is 5.41 Å². The van der Waals surface area contributed by atoms with E-state index in [4.69, 9.17) is 0 Å². The SMILES string of the molecule is CC1(C)c2ccccc2C2(c3ccc(-c4ccc5ccccc5c4)cc3-c3c(C(=N)C=C(c4ccccc4)c4ccccc4)cccc32)c2ccccc21. The molecular weight excluding hydrogens is 651 g/mol. The average molecular weight is 690 g/mol. The number of allylic oxidation sites excluding steroid dienone is 1. The number of hydrogen-bond donors (Lipinski definition) is 1. The van der Waals surface area contributed by atoms with Gasteiger partial charge in [0.05, 0.1) is 11.1 Å². The van der Waals surface area contributed by atoms with Crippen molar-refractivity contribution < 1.29 is 0 Å². The van der Waals surface area contributed by atoms with Crippen LogP contribution in [-0.4, -0.2) is 5.71 Å². The van der Waals surface area contributed by atoms with Crippen LogP contribution in [0.25, 0.3) is 38.6 Å². The third-order valence-electron chi connectivity index (χ3n) is 12.0. The lowest BCUT2D eigenvalue weighted by Crippen LogP contribution is -2.40. The van der Waals surface area contributed by atoms with Crippen molar-refractivity contribution in [2.75, 3.05) is 0 Å². The van der Waals surface area contributed by atoms with Crippen LogP contribution < -0.4 is 0 Å². The molecule has 2 aliphatic rings. The zero-order chi connectivity index (χ0) is 36.4. The Hall–Kier alpha value is -6.57. The van der Waals surface area contributed by atoms with Crippen molar-refractivity contribution in [3.63, 3.8) is 0 Å². The van der Waals surface area contributed by atoms with Crippen molar-refractivity contribution in [2.45, 2.75) is 24.7 Å².